The molecule has 1 aromatic rings. The predicted molar refractivity (Wildman–Crippen MR) is 64.7 cm³/mol. The minimum Gasteiger partial charge on any atom is -0.338 e. The Labute approximate surface area is 100 Å². The average Bonchev–Trinajstić information content (AvgIpc) is 2.32. The van der Waals surface area contributed by atoms with E-state index < -0.39 is 0 Å². The van der Waals surface area contributed by atoms with Crippen LogP contribution in [0.15, 0.2) is 12.4 Å². The third-order valence-electron chi connectivity index (χ3n) is 2.71. The van der Waals surface area contributed by atoms with Gasteiger partial charge in [-0.1, -0.05) is 11.6 Å². The summed E-state index contributed by atoms with van der Waals surface area (Å²) >= 11 is 5.75. The van der Waals surface area contributed by atoms with Crippen LogP contribution in [-0.2, 0) is 0 Å². The zero-order valence-electron chi connectivity index (χ0n) is 9.14. The highest BCUT2D eigenvalue weighted by molar-refractivity contribution is 6.30. The summed E-state index contributed by atoms with van der Waals surface area (Å²) in [5.74, 6) is 0.761. The van der Waals surface area contributed by atoms with Gasteiger partial charge in [0.1, 0.15) is 0 Å². The fourth-order valence-electron chi connectivity index (χ4n) is 1.82. The Hall–Kier alpha value is -0.910. The third kappa shape index (κ3) is 2.81. The maximum Gasteiger partial charge on any atom is 0.225 e. The molecule has 0 spiro atoms. The average molecular weight is 242 g/mol. The first kappa shape index (κ1) is 11.6. The normalized spacial score (nSPS) is 17.8. The summed E-state index contributed by atoms with van der Waals surface area (Å²) in [4.78, 5) is 12.9. The molecule has 0 saturated carbocycles. The van der Waals surface area contributed by atoms with Gasteiger partial charge in [-0.2, -0.15) is 0 Å². The van der Waals surface area contributed by atoms with Gasteiger partial charge in [0.15, 0.2) is 0 Å². The van der Waals surface area contributed by atoms with Crippen molar-refractivity contribution >= 4 is 17.5 Å². The number of hydrogen-bond acceptors (Lipinski definition) is 5. The molecule has 0 radical (unpaired) electrons. The molecule has 6 heteroatoms. The molecule has 16 heavy (non-hydrogen) atoms. The van der Waals surface area contributed by atoms with E-state index in [1.54, 1.807) is 12.4 Å². The molecule has 1 saturated heterocycles. The van der Waals surface area contributed by atoms with Gasteiger partial charge in [-0.25, -0.2) is 9.97 Å². The maximum atomic E-state index is 5.75. The molecule has 1 aromatic heterocycles. The molecule has 88 valence electrons. The van der Waals surface area contributed by atoms with Crippen LogP contribution in [0.3, 0.4) is 0 Å². The monoisotopic (exact) mass is 241 g/mol. The summed E-state index contributed by atoms with van der Waals surface area (Å²) < 4.78 is 0. The van der Waals surface area contributed by atoms with Crippen molar-refractivity contribution in [3.05, 3.63) is 17.4 Å². The first-order chi connectivity index (χ1) is 7.79. The second-order valence-electron chi connectivity index (χ2n) is 3.82. The molecular weight excluding hydrogens is 226 g/mol. The van der Waals surface area contributed by atoms with Crippen molar-refractivity contribution in [2.45, 2.75) is 0 Å². The van der Waals surface area contributed by atoms with Crippen LogP contribution in [-0.4, -0.2) is 54.1 Å². The van der Waals surface area contributed by atoms with Crippen molar-refractivity contribution in [1.29, 1.82) is 0 Å². The van der Waals surface area contributed by atoms with Gasteiger partial charge < -0.3 is 10.6 Å². The van der Waals surface area contributed by atoms with E-state index in [9.17, 15) is 0 Å². The third-order valence-corrected chi connectivity index (χ3v) is 2.90. The first-order valence-electron chi connectivity index (χ1n) is 5.44. The van der Waals surface area contributed by atoms with Crippen molar-refractivity contribution in [3.8, 4) is 0 Å². The van der Waals surface area contributed by atoms with Gasteiger partial charge in [0.25, 0.3) is 0 Å². The molecule has 1 aliphatic heterocycles. The Kier molecular flexibility index (Phi) is 3.93. The van der Waals surface area contributed by atoms with Crippen molar-refractivity contribution in [3.63, 3.8) is 0 Å². The van der Waals surface area contributed by atoms with Crippen molar-refractivity contribution in [2.24, 2.45) is 5.73 Å². The molecule has 1 fully saturated rings. The van der Waals surface area contributed by atoms with E-state index in [4.69, 9.17) is 17.3 Å². The molecule has 0 aromatic carbocycles. The zero-order valence-corrected chi connectivity index (χ0v) is 9.90. The van der Waals surface area contributed by atoms with Gasteiger partial charge in [0, 0.05) is 39.3 Å². The molecular formula is C10H16ClN5. The van der Waals surface area contributed by atoms with Crippen LogP contribution in [0.1, 0.15) is 0 Å². The lowest BCUT2D eigenvalue weighted by molar-refractivity contribution is 0.263. The van der Waals surface area contributed by atoms with E-state index in [-0.39, 0.29) is 0 Å². The van der Waals surface area contributed by atoms with Crippen molar-refractivity contribution < 1.29 is 0 Å². The minimum absolute atomic E-state index is 0.575. The standard InChI is InChI=1S/C10H16ClN5/c11-9-7-13-10(14-8-9)16-5-3-15(2-1-12)4-6-16/h7-8H,1-6,12H2. The van der Waals surface area contributed by atoms with Crippen LogP contribution in [0.5, 0.6) is 0 Å². The van der Waals surface area contributed by atoms with Crippen LogP contribution in [0.4, 0.5) is 5.95 Å². The number of hydrogen-bond donors (Lipinski definition) is 1. The Balaban J connectivity index is 1.91. The van der Waals surface area contributed by atoms with Gasteiger partial charge in [-0.05, 0) is 0 Å². The molecule has 2 heterocycles. The molecule has 2 N–H and O–H groups in total. The van der Waals surface area contributed by atoms with Gasteiger partial charge in [-0.15, -0.1) is 0 Å². The molecule has 5 nitrogen and oxygen atoms in total. The first-order valence-corrected chi connectivity index (χ1v) is 5.82. The molecule has 0 aliphatic carbocycles. The van der Waals surface area contributed by atoms with E-state index in [0.717, 1.165) is 45.2 Å². The quantitative estimate of drug-likeness (QED) is 0.820. The predicted octanol–water partition coefficient (Wildman–Crippen LogP) is 0.211. The summed E-state index contributed by atoms with van der Waals surface area (Å²) in [6.45, 7) is 5.61. The summed E-state index contributed by atoms with van der Waals surface area (Å²) in [7, 11) is 0. The molecule has 2 rings (SSSR count). The van der Waals surface area contributed by atoms with Crippen LogP contribution in [0.2, 0.25) is 5.02 Å². The zero-order chi connectivity index (χ0) is 11.4. The SMILES string of the molecule is NCCN1CCN(c2ncc(Cl)cn2)CC1. The number of piperazine rings is 1. The van der Waals surface area contributed by atoms with Crippen LogP contribution in [0, 0.1) is 0 Å². The molecule has 1 aliphatic rings. The summed E-state index contributed by atoms with van der Waals surface area (Å²) in [6.07, 6.45) is 3.27. The highest BCUT2D eigenvalue weighted by Crippen LogP contribution is 2.12. The molecule has 0 bridgehead atoms. The fraction of sp³-hybridized carbons (Fsp3) is 0.600. The Morgan fingerprint density at radius 1 is 1.19 bits per heavy atom. The number of nitrogens with two attached hydrogens (primary N) is 1. The summed E-state index contributed by atoms with van der Waals surface area (Å²) in [5.41, 5.74) is 5.53. The lowest BCUT2D eigenvalue weighted by atomic mass is 10.3. The Morgan fingerprint density at radius 3 is 2.38 bits per heavy atom. The van der Waals surface area contributed by atoms with Crippen LogP contribution >= 0.6 is 11.6 Å². The smallest absolute Gasteiger partial charge is 0.225 e. The second kappa shape index (κ2) is 5.43. The van der Waals surface area contributed by atoms with E-state index in [0.29, 0.717) is 5.02 Å². The number of halogens is 1. The number of rotatable bonds is 3. The number of aromatic nitrogens is 2. The molecule has 0 amide bonds. The number of anilines is 1. The summed E-state index contributed by atoms with van der Waals surface area (Å²) in [6, 6.07) is 0. The highest BCUT2D eigenvalue weighted by Gasteiger charge is 2.17. The largest absolute Gasteiger partial charge is 0.338 e. The van der Waals surface area contributed by atoms with Crippen molar-refractivity contribution in [2.75, 3.05) is 44.2 Å². The van der Waals surface area contributed by atoms with Crippen molar-refractivity contribution in [1.82, 2.24) is 14.9 Å². The van der Waals surface area contributed by atoms with Gasteiger partial charge >= 0.3 is 0 Å². The topological polar surface area (TPSA) is 58.3 Å². The summed E-state index contributed by atoms with van der Waals surface area (Å²) in [5, 5.41) is 0.575. The minimum atomic E-state index is 0.575. The maximum absolute atomic E-state index is 5.75. The van der Waals surface area contributed by atoms with E-state index in [1.165, 1.54) is 0 Å². The number of nitrogens with zero attached hydrogens (tertiary/aromatic N) is 4. The van der Waals surface area contributed by atoms with E-state index in [2.05, 4.69) is 19.8 Å². The highest BCUT2D eigenvalue weighted by atomic mass is 35.5. The van der Waals surface area contributed by atoms with Gasteiger partial charge in [-0.3, -0.25) is 4.90 Å². The van der Waals surface area contributed by atoms with E-state index >= 15 is 0 Å². The van der Waals surface area contributed by atoms with E-state index in [1.807, 2.05) is 0 Å². The fourth-order valence-corrected chi connectivity index (χ4v) is 1.92. The van der Waals surface area contributed by atoms with Crippen LogP contribution in [0.25, 0.3) is 0 Å². The van der Waals surface area contributed by atoms with Crippen LogP contribution < -0.4 is 10.6 Å². The van der Waals surface area contributed by atoms with Gasteiger partial charge in [0.2, 0.25) is 5.95 Å². The lowest BCUT2D eigenvalue weighted by Crippen LogP contribution is -2.48. The Morgan fingerprint density at radius 2 is 1.81 bits per heavy atom. The van der Waals surface area contributed by atoms with Gasteiger partial charge in [0.05, 0.1) is 17.4 Å². The lowest BCUT2D eigenvalue weighted by Gasteiger charge is -2.34. The second-order valence-corrected chi connectivity index (χ2v) is 4.26. The Bertz CT molecular complexity index is 320. The molecule has 0 atom stereocenters. The molecule has 0 unspecified atom stereocenters.